The fraction of sp³-hybridized carbons (Fsp3) is 0.250. The molecule has 0 spiro atoms. The van der Waals surface area contributed by atoms with Gasteiger partial charge in [0.25, 0.3) is 0 Å². The monoisotopic (exact) mass is 343 g/mol. The standard InChI is InChI=1S/C16H13F4NO3/c1-8-4-9(12(17)6-14(8)23-2)13-5-11(16(18,19)20)10(7-21-13)15(22)24-3/h4-7H,1-3H3. The average Bonchev–Trinajstić information content (AvgIpc) is 2.54. The molecule has 1 aromatic carbocycles. The Hall–Kier alpha value is -2.64. The molecule has 0 aliphatic carbocycles. The third-order valence-electron chi connectivity index (χ3n) is 3.38. The summed E-state index contributed by atoms with van der Waals surface area (Å²) in [7, 11) is 2.31. The summed E-state index contributed by atoms with van der Waals surface area (Å²) in [6.07, 6.45) is -4.10. The summed E-state index contributed by atoms with van der Waals surface area (Å²) in [6.45, 7) is 1.62. The van der Waals surface area contributed by atoms with Crippen LogP contribution in [0.25, 0.3) is 11.3 Å². The van der Waals surface area contributed by atoms with Crippen LogP contribution in [0.15, 0.2) is 24.4 Å². The lowest BCUT2D eigenvalue weighted by Gasteiger charge is -2.14. The van der Waals surface area contributed by atoms with Crippen LogP contribution in [0, 0.1) is 12.7 Å². The van der Waals surface area contributed by atoms with Gasteiger partial charge < -0.3 is 9.47 Å². The molecule has 0 fully saturated rings. The van der Waals surface area contributed by atoms with Crippen LogP contribution in [-0.2, 0) is 10.9 Å². The van der Waals surface area contributed by atoms with Crippen molar-refractivity contribution in [2.75, 3.05) is 14.2 Å². The quantitative estimate of drug-likeness (QED) is 0.624. The van der Waals surface area contributed by atoms with E-state index in [1.807, 2.05) is 0 Å². The van der Waals surface area contributed by atoms with Crippen molar-refractivity contribution >= 4 is 5.97 Å². The Labute approximate surface area is 135 Å². The maximum absolute atomic E-state index is 14.2. The highest BCUT2D eigenvalue weighted by Gasteiger charge is 2.36. The highest BCUT2D eigenvalue weighted by molar-refractivity contribution is 5.91. The molecule has 1 heterocycles. The average molecular weight is 343 g/mol. The minimum Gasteiger partial charge on any atom is -0.496 e. The fourth-order valence-corrected chi connectivity index (χ4v) is 2.19. The minimum atomic E-state index is -4.82. The third-order valence-corrected chi connectivity index (χ3v) is 3.38. The summed E-state index contributed by atoms with van der Waals surface area (Å²) in [6, 6.07) is 3.01. The van der Waals surface area contributed by atoms with Crippen molar-refractivity contribution in [3.63, 3.8) is 0 Å². The first-order valence-corrected chi connectivity index (χ1v) is 6.69. The van der Waals surface area contributed by atoms with Gasteiger partial charge in [-0.15, -0.1) is 0 Å². The molecule has 0 saturated heterocycles. The Balaban J connectivity index is 2.65. The number of rotatable bonds is 3. The van der Waals surface area contributed by atoms with Gasteiger partial charge in [0.2, 0.25) is 0 Å². The van der Waals surface area contributed by atoms with Crippen LogP contribution in [-0.4, -0.2) is 25.2 Å². The van der Waals surface area contributed by atoms with E-state index in [1.54, 1.807) is 6.92 Å². The van der Waals surface area contributed by atoms with E-state index in [4.69, 9.17) is 4.74 Å². The highest BCUT2D eigenvalue weighted by atomic mass is 19.4. The van der Waals surface area contributed by atoms with Crippen LogP contribution in [0.2, 0.25) is 0 Å². The molecule has 2 rings (SSSR count). The summed E-state index contributed by atoms with van der Waals surface area (Å²) in [5.41, 5.74) is -1.83. The van der Waals surface area contributed by atoms with Gasteiger partial charge in [-0.05, 0) is 24.6 Å². The minimum absolute atomic E-state index is 0.129. The van der Waals surface area contributed by atoms with Crippen molar-refractivity contribution in [2.45, 2.75) is 13.1 Å². The van der Waals surface area contributed by atoms with Crippen molar-refractivity contribution in [1.82, 2.24) is 4.98 Å². The Kier molecular flexibility index (Phi) is 4.77. The molecule has 0 aliphatic rings. The number of benzene rings is 1. The molecule has 4 nitrogen and oxygen atoms in total. The molecular formula is C16H13F4NO3. The molecule has 24 heavy (non-hydrogen) atoms. The van der Waals surface area contributed by atoms with Crippen LogP contribution in [0.3, 0.4) is 0 Å². The first-order valence-electron chi connectivity index (χ1n) is 6.69. The summed E-state index contributed by atoms with van der Waals surface area (Å²) >= 11 is 0. The molecule has 0 bridgehead atoms. The van der Waals surface area contributed by atoms with Gasteiger partial charge in [-0.3, -0.25) is 4.98 Å². The number of carbonyl (C=O) groups excluding carboxylic acids is 1. The molecule has 8 heteroatoms. The predicted octanol–water partition coefficient (Wildman–Crippen LogP) is 4.01. The molecule has 0 N–H and O–H groups in total. The van der Waals surface area contributed by atoms with Gasteiger partial charge in [-0.25, -0.2) is 9.18 Å². The van der Waals surface area contributed by atoms with E-state index in [9.17, 15) is 22.4 Å². The van der Waals surface area contributed by atoms with Crippen LogP contribution >= 0.6 is 0 Å². The molecule has 2 aromatic rings. The molecule has 0 radical (unpaired) electrons. The molecule has 0 saturated carbocycles. The maximum Gasteiger partial charge on any atom is 0.417 e. The number of aromatic nitrogens is 1. The SMILES string of the molecule is COC(=O)c1cnc(-c2cc(C)c(OC)cc2F)cc1C(F)(F)F. The Morgan fingerprint density at radius 2 is 1.83 bits per heavy atom. The number of alkyl halides is 3. The molecule has 0 amide bonds. The van der Waals surface area contributed by atoms with Crippen LogP contribution < -0.4 is 4.74 Å². The van der Waals surface area contributed by atoms with E-state index in [2.05, 4.69) is 9.72 Å². The van der Waals surface area contributed by atoms with Crippen molar-refractivity contribution in [3.8, 4) is 17.0 Å². The first kappa shape index (κ1) is 17.7. The summed E-state index contributed by atoms with van der Waals surface area (Å²) in [4.78, 5) is 15.2. The summed E-state index contributed by atoms with van der Waals surface area (Å²) in [5, 5.41) is 0. The van der Waals surface area contributed by atoms with Crippen LogP contribution in [0.1, 0.15) is 21.5 Å². The van der Waals surface area contributed by atoms with Crippen LogP contribution in [0.5, 0.6) is 5.75 Å². The van der Waals surface area contributed by atoms with Crippen molar-refractivity contribution in [3.05, 3.63) is 46.9 Å². The topological polar surface area (TPSA) is 48.4 Å². The van der Waals surface area contributed by atoms with Gasteiger partial charge in [0.1, 0.15) is 11.6 Å². The van der Waals surface area contributed by atoms with E-state index in [-0.39, 0.29) is 17.0 Å². The number of methoxy groups -OCH3 is 2. The molecule has 128 valence electrons. The van der Waals surface area contributed by atoms with Gasteiger partial charge in [0.05, 0.1) is 31.0 Å². The number of hydrogen-bond acceptors (Lipinski definition) is 4. The molecule has 0 unspecified atom stereocenters. The maximum atomic E-state index is 14.2. The van der Waals surface area contributed by atoms with E-state index < -0.39 is 29.1 Å². The van der Waals surface area contributed by atoms with E-state index in [0.29, 0.717) is 11.6 Å². The largest absolute Gasteiger partial charge is 0.496 e. The van der Waals surface area contributed by atoms with Gasteiger partial charge in [-0.2, -0.15) is 13.2 Å². The number of nitrogens with zero attached hydrogens (tertiary/aromatic N) is 1. The Morgan fingerprint density at radius 3 is 2.38 bits per heavy atom. The lowest BCUT2D eigenvalue weighted by molar-refractivity contribution is -0.138. The van der Waals surface area contributed by atoms with E-state index in [1.165, 1.54) is 13.2 Å². The number of halogens is 4. The fourth-order valence-electron chi connectivity index (χ4n) is 2.19. The van der Waals surface area contributed by atoms with Crippen LogP contribution in [0.4, 0.5) is 17.6 Å². The number of carbonyl (C=O) groups is 1. The summed E-state index contributed by atoms with van der Waals surface area (Å²) < 4.78 is 63.0. The first-order chi connectivity index (χ1) is 11.2. The smallest absolute Gasteiger partial charge is 0.417 e. The van der Waals surface area contributed by atoms with E-state index in [0.717, 1.165) is 19.4 Å². The van der Waals surface area contributed by atoms with Crippen molar-refractivity contribution in [1.29, 1.82) is 0 Å². The predicted molar refractivity (Wildman–Crippen MR) is 77.3 cm³/mol. The van der Waals surface area contributed by atoms with Gasteiger partial charge in [0, 0.05) is 17.8 Å². The molecule has 0 aliphatic heterocycles. The lowest BCUT2D eigenvalue weighted by Crippen LogP contribution is -2.15. The number of hydrogen-bond donors (Lipinski definition) is 0. The third kappa shape index (κ3) is 3.32. The Bertz CT molecular complexity index is 788. The number of ether oxygens (including phenoxy) is 2. The molecular weight excluding hydrogens is 330 g/mol. The van der Waals surface area contributed by atoms with Gasteiger partial charge in [-0.1, -0.05) is 0 Å². The lowest BCUT2D eigenvalue weighted by atomic mass is 10.0. The second-order valence-electron chi connectivity index (χ2n) is 4.91. The van der Waals surface area contributed by atoms with Crippen molar-refractivity contribution < 1.29 is 31.8 Å². The normalized spacial score (nSPS) is 11.3. The van der Waals surface area contributed by atoms with E-state index >= 15 is 0 Å². The Morgan fingerprint density at radius 1 is 1.17 bits per heavy atom. The number of pyridine rings is 1. The van der Waals surface area contributed by atoms with Gasteiger partial charge >= 0.3 is 12.1 Å². The van der Waals surface area contributed by atoms with Crippen molar-refractivity contribution in [2.24, 2.45) is 0 Å². The highest BCUT2D eigenvalue weighted by Crippen LogP contribution is 2.36. The second-order valence-corrected chi connectivity index (χ2v) is 4.91. The summed E-state index contributed by atoms with van der Waals surface area (Å²) in [5.74, 6) is -1.70. The zero-order valence-corrected chi connectivity index (χ0v) is 13.0. The number of aryl methyl sites for hydroxylation is 1. The molecule has 1 aromatic heterocycles. The zero-order chi connectivity index (χ0) is 18.1. The second kappa shape index (κ2) is 6.46. The molecule has 0 atom stereocenters. The zero-order valence-electron chi connectivity index (χ0n) is 13.0. The number of esters is 1. The van der Waals surface area contributed by atoms with Gasteiger partial charge in [0.15, 0.2) is 0 Å².